The summed E-state index contributed by atoms with van der Waals surface area (Å²) in [5, 5.41) is 21.3. The van der Waals surface area contributed by atoms with Crippen molar-refractivity contribution in [1.82, 2.24) is 0 Å². The zero-order valence-corrected chi connectivity index (χ0v) is 13.3. The maximum absolute atomic E-state index is 12.0. The summed E-state index contributed by atoms with van der Waals surface area (Å²) in [4.78, 5) is 20.5. The van der Waals surface area contributed by atoms with Crippen LogP contribution in [-0.2, 0) is 15.1 Å². The molecule has 0 unspecified atom stereocenters. The van der Waals surface area contributed by atoms with Crippen LogP contribution in [0.5, 0.6) is 5.75 Å². The molecule has 2 rings (SSSR count). The van der Waals surface area contributed by atoms with E-state index >= 15 is 0 Å². The van der Waals surface area contributed by atoms with Crippen LogP contribution in [0, 0.1) is 10.1 Å². The number of anilines is 1. The van der Waals surface area contributed by atoms with Crippen LogP contribution in [0.1, 0.15) is 5.56 Å². The van der Waals surface area contributed by atoms with Crippen molar-refractivity contribution in [2.24, 2.45) is 0 Å². The number of rotatable bonds is 7. The Kier molecular flexibility index (Phi) is 5.35. The SMILES string of the molecule is O=C([O-])/C=C/c1cccc(NS(=O)(=O)Oc2ccccc2[N+](=O)[O-])c1. The van der Waals surface area contributed by atoms with Crippen LogP contribution in [0.4, 0.5) is 11.4 Å². The first kappa shape index (κ1) is 17.9. The van der Waals surface area contributed by atoms with E-state index in [1.54, 1.807) is 6.07 Å². The van der Waals surface area contributed by atoms with Crippen molar-refractivity contribution in [2.75, 3.05) is 4.72 Å². The van der Waals surface area contributed by atoms with Crippen molar-refractivity contribution >= 4 is 33.7 Å². The van der Waals surface area contributed by atoms with Gasteiger partial charge in [0.25, 0.3) is 0 Å². The number of para-hydroxylation sites is 2. The number of carboxylic acids is 1. The van der Waals surface area contributed by atoms with Gasteiger partial charge in [-0.25, -0.2) is 0 Å². The van der Waals surface area contributed by atoms with E-state index in [0.717, 1.165) is 18.2 Å². The van der Waals surface area contributed by atoms with Crippen molar-refractivity contribution in [3.8, 4) is 5.75 Å². The third-order valence-electron chi connectivity index (χ3n) is 2.80. The average Bonchev–Trinajstić information content (AvgIpc) is 2.52. The Morgan fingerprint density at radius 1 is 1.16 bits per heavy atom. The third-order valence-corrected chi connectivity index (χ3v) is 3.69. The Labute approximate surface area is 142 Å². The van der Waals surface area contributed by atoms with Crippen LogP contribution in [0.25, 0.3) is 6.08 Å². The second-order valence-corrected chi connectivity index (χ2v) is 5.92. The molecule has 9 nitrogen and oxygen atoms in total. The van der Waals surface area contributed by atoms with E-state index in [2.05, 4.69) is 4.72 Å². The highest BCUT2D eigenvalue weighted by Gasteiger charge is 2.20. The van der Waals surface area contributed by atoms with Crippen LogP contribution >= 0.6 is 0 Å². The molecule has 0 aliphatic heterocycles. The fourth-order valence-corrected chi connectivity index (χ4v) is 2.67. The summed E-state index contributed by atoms with van der Waals surface area (Å²) in [5.74, 6) is -1.83. The number of nitrogens with one attached hydrogen (secondary N) is 1. The molecule has 130 valence electrons. The van der Waals surface area contributed by atoms with Crippen molar-refractivity contribution in [1.29, 1.82) is 0 Å². The molecule has 0 atom stereocenters. The smallest absolute Gasteiger partial charge is 0.407 e. The zero-order chi connectivity index (χ0) is 18.4. The summed E-state index contributed by atoms with van der Waals surface area (Å²) < 4.78 is 30.9. The number of nitro groups is 1. The third kappa shape index (κ3) is 5.32. The molecule has 2 aromatic rings. The first-order valence-electron chi connectivity index (χ1n) is 6.71. The van der Waals surface area contributed by atoms with Gasteiger partial charge in [0, 0.05) is 6.07 Å². The Hall–Kier alpha value is -3.40. The monoisotopic (exact) mass is 363 g/mol. The highest BCUT2D eigenvalue weighted by Crippen LogP contribution is 2.27. The maximum Gasteiger partial charge on any atom is 0.407 e. The van der Waals surface area contributed by atoms with Crippen LogP contribution < -0.4 is 14.0 Å². The normalized spacial score (nSPS) is 11.2. The number of benzene rings is 2. The second kappa shape index (κ2) is 7.45. The molecule has 25 heavy (non-hydrogen) atoms. The van der Waals surface area contributed by atoms with Crippen LogP contribution in [0.2, 0.25) is 0 Å². The maximum atomic E-state index is 12.0. The number of carboxylic acid groups (broad SMARTS) is 1. The molecule has 0 amide bonds. The van der Waals surface area contributed by atoms with Gasteiger partial charge in [0.1, 0.15) is 0 Å². The number of hydrogen-bond acceptors (Lipinski definition) is 7. The molecule has 0 aromatic heterocycles. The lowest BCUT2D eigenvalue weighted by atomic mass is 10.2. The lowest BCUT2D eigenvalue weighted by molar-refractivity contribution is -0.385. The Morgan fingerprint density at radius 2 is 1.88 bits per heavy atom. The Morgan fingerprint density at radius 3 is 2.56 bits per heavy atom. The minimum absolute atomic E-state index is 0.0825. The van der Waals surface area contributed by atoms with Crippen molar-refractivity contribution < 1.29 is 27.4 Å². The Bertz CT molecular complexity index is 938. The predicted molar refractivity (Wildman–Crippen MR) is 86.7 cm³/mol. The number of carbonyl (C=O) groups is 1. The molecule has 0 spiro atoms. The molecule has 0 radical (unpaired) electrons. The summed E-state index contributed by atoms with van der Waals surface area (Å²) >= 11 is 0. The summed E-state index contributed by atoms with van der Waals surface area (Å²) in [5.41, 5.74) is -0.0207. The van der Waals surface area contributed by atoms with Crippen LogP contribution in [0.15, 0.2) is 54.6 Å². The van der Waals surface area contributed by atoms with Gasteiger partial charge in [-0.1, -0.05) is 30.3 Å². The van der Waals surface area contributed by atoms with Crippen LogP contribution in [0.3, 0.4) is 0 Å². The van der Waals surface area contributed by atoms with Crippen molar-refractivity contribution in [3.63, 3.8) is 0 Å². The second-order valence-electron chi connectivity index (χ2n) is 4.64. The molecule has 0 saturated carbocycles. The van der Waals surface area contributed by atoms with Crippen molar-refractivity contribution in [2.45, 2.75) is 0 Å². The van der Waals surface area contributed by atoms with Gasteiger partial charge >= 0.3 is 16.0 Å². The largest absolute Gasteiger partial charge is 0.545 e. The van der Waals surface area contributed by atoms with E-state index in [0.29, 0.717) is 5.56 Å². The van der Waals surface area contributed by atoms with Gasteiger partial charge in [0.2, 0.25) is 5.75 Å². The number of hydrogen-bond donors (Lipinski definition) is 1. The molecule has 0 aliphatic carbocycles. The number of nitrogens with zero attached hydrogens (tertiary/aromatic N) is 1. The van der Waals surface area contributed by atoms with E-state index in [1.807, 2.05) is 0 Å². The molecular weight excluding hydrogens is 352 g/mol. The van der Waals surface area contributed by atoms with Gasteiger partial charge in [-0.05, 0) is 29.8 Å². The van der Waals surface area contributed by atoms with Gasteiger partial charge < -0.3 is 14.1 Å². The first-order chi connectivity index (χ1) is 11.8. The topological polar surface area (TPSA) is 139 Å². The lowest BCUT2D eigenvalue weighted by Crippen LogP contribution is -2.19. The van der Waals surface area contributed by atoms with Gasteiger partial charge in [-0.3, -0.25) is 14.8 Å². The number of aliphatic carboxylic acids is 1. The minimum atomic E-state index is -4.40. The molecule has 10 heteroatoms. The van der Waals surface area contributed by atoms with E-state index < -0.39 is 32.6 Å². The molecule has 0 bridgehead atoms. The number of carbonyl (C=O) groups excluding carboxylic acids is 1. The fourth-order valence-electron chi connectivity index (χ4n) is 1.83. The number of nitro benzene ring substituents is 1. The molecule has 0 fully saturated rings. The van der Waals surface area contributed by atoms with E-state index in [4.69, 9.17) is 4.18 Å². The average molecular weight is 363 g/mol. The van der Waals surface area contributed by atoms with Crippen molar-refractivity contribution in [3.05, 3.63) is 70.3 Å². The summed E-state index contributed by atoms with van der Waals surface area (Å²) in [6.07, 6.45) is 2.01. The molecule has 1 N–H and O–H groups in total. The van der Waals surface area contributed by atoms with Gasteiger partial charge in [0.05, 0.1) is 16.6 Å². The first-order valence-corrected chi connectivity index (χ1v) is 8.12. The lowest BCUT2D eigenvalue weighted by Gasteiger charge is -2.09. The molecule has 0 heterocycles. The molecular formula is C15H11N2O7S-. The highest BCUT2D eigenvalue weighted by atomic mass is 32.2. The van der Waals surface area contributed by atoms with Gasteiger partial charge in [-0.15, -0.1) is 0 Å². The summed E-state index contributed by atoms with van der Waals surface area (Å²) in [6, 6.07) is 10.8. The summed E-state index contributed by atoms with van der Waals surface area (Å²) in [6.45, 7) is 0. The molecule has 2 aromatic carbocycles. The standard InChI is InChI=1S/C15H12N2O7S/c18-15(19)9-8-11-4-3-5-12(10-11)16-25(22,23)24-14-7-2-1-6-13(14)17(20)21/h1-10,16H,(H,18,19)/p-1/b9-8+. The van der Waals surface area contributed by atoms with Gasteiger partial charge in [0.15, 0.2) is 0 Å². The summed E-state index contributed by atoms with van der Waals surface area (Å²) in [7, 11) is -4.40. The van der Waals surface area contributed by atoms with E-state index in [9.17, 15) is 28.4 Å². The van der Waals surface area contributed by atoms with Crippen LogP contribution in [-0.4, -0.2) is 19.3 Å². The minimum Gasteiger partial charge on any atom is -0.545 e. The van der Waals surface area contributed by atoms with E-state index in [1.165, 1.54) is 36.4 Å². The quantitative estimate of drug-likeness (QED) is 0.441. The highest BCUT2D eigenvalue weighted by molar-refractivity contribution is 7.88. The zero-order valence-electron chi connectivity index (χ0n) is 12.5. The fraction of sp³-hybridized carbons (Fsp3) is 0. The predicted octanol–water partition coefficient (Wildman–Crippen LogP) is 1.09. The molecule has 0 aliphatic rings. The molecule has 0 saturated heterocycles. The Balaban J connectivity index is 2.21. The van der Waals surface area contributed by atoms with E-state index in [-0.39, 0.29) is 5.69 Å². The van der Waals surface area contributed by atoms with Gasteiger partial charge in [-0.2, -0.15) is 8.42 Å².